The predicted molar refractivity (Wildman–Crippen MR) is 194 cm³/mol. The molecule has 0 heterocycles. The smallest absolute Gasteiger partial charge is 0.338 e. The maximum absolute atomic E-state index is 14.0. The van der Waals surface area contributed by atoms with Crippen molar-refractivity contribution in [2.24, 2.45) is 0 Å². The minimum atomic E-state index is -0.715. The highest BCUT2D eigenvalue weighted by Crippen LogP contribution is 2.21. The van der Waals surface area contributed by atoms with Crippen LogP contribution in [0.4, 0.5) is 0 Å². The maximum Gasteiger partial charge on any atom is 0.338 e. The van der Waals surface area contributed by atoms with Gasteiger partial charge in [0, 0.05) is 11.1 Å². The molecule has 0 aliphatic rings. The highest BCUT2D eigenvalue weighted by Gasteiger charge is 2.22. The van der Waals surface area contributed by atoms with Gasteiger partial charge in [-0.3, -0.25) is 4.79 Å². The van der Waals surface area contributed by atoms with E-state index in [1.54, 1.807) is 24.3 Å². The molecule has 9 heteroatoms. The first-order valence-corrected chi connectivity index (χ1v) is 17.2. The first-order valence-electron chi connectivity index (χ1n) is 17.2. The zero-order chi connectivity index (χ0) is 36.6. The molecule has 268 valence electrons. The van der Waals surface area contributed by atoms with Crippen molar-refractivity contribution in [1.82, 2.24) is 0 Å². The van der Waals surface area contributed by atoms with Crippen LogP contribution in [0.5, 0.6) is 0 Å². The third kappa shape index (κ3) is 15.0. The van der Waals surface area contributed by atoms with E-state index in [0.29, 0.717) is 25.7 Å². The van der Waals surface area contributed by atoms with Crippen LogP contribution in [0, 0.1) is 0 Å². The molecular formula is C41H50O9. The Morgan fingerprint density at radius 1 is 0.380 bits per heavy atom. The number of hydrogen-bond donors (Lipinski definition) is 0. The van der Waals surface area contributed by atoms with E-state index in [1.165, 1.54) is 36.4 Å². The Hall–Kier alpha value is -5.05. The predicted octanol–water partition coefficient (Wildman–Crippen LogP) is 8.97. The molecule has 0 unspecified atom stereocenters. The van der Waals surface area contributed by atoms with Crippen LogP contribution in [-0.2, 0) is 18.9 Å². The van der Waals surface area contributed by atoms with Crippen LogP contribution < -0.4 is 0 Å². The van der Waals surface area contributed by atoms with Gasteiger partial charge in [-0.1, -0.05) is 24.3 Å². The highest BCUT2D eigenvalue weighted by molar-refractivity contribution is 6.13. The fraction of sp³-hybridized carbons (Fsp3) is 0.390. The lowest BCUT2D eigenvalue weighted by Crippen LogP contribution is -2.15. The van der Waals surface area contributed by atoms with E-state index in [-0.39, 0.29) is 59.8 Å². The summed E-state index contributed by atoms with van der Waals surface area (Å²) >= 11 is 0. The van der Waals surface area contributed by atoms with E-state index in [1.807, 2.05) is 0 Å². The SMILES string of the molecule is C=CCCCCOC(=O)c1cc(C(=O)OCCCCC=C)cc(C(=O)c2cc(C(=O)OCCCCC=C)cc(C(=O)OCCCCC=C)c2)c1. The molecule has 0 aliphatic heterocycles. The molecule has 0 N–H and O–H groups in total. The Morgan fingerprint density at radius 3 is 0.820 bits per heavy atom. The van der Waals surface area contributed by atoms with Gasteiger partial charge in [-0.25, -0.2) is 19.2 Å². The molecule has 0 radical (unpaired) electrons. The van der Waals surface area contributed by atoms with Gasteiger partial charge >= 0.3 is 23.9 Å². The van der Waals surface area contributed by atoms with Crippen molar-refractivity contribution in [3.8, 4) is 0 Å². The summed E-state index contributed by atoms with van der Waals surface area (Å²) in [7, 11) is 0. The molecule has 50 heavy (non-hydrogen) atoms. The zero-order valence-electron chi connectivity index (χ0n) is 29.1. The fourth-order valence-electron chi connectivity index (χ4n) is 4.71. The van der Waals surface area contributed by atoms with Gasteiger partial charge in [0.2, 0.25) is 0 Å². The summed E-state index contributed by atoms with van der Waals surface area (Å²) in [5.41, 5.74) is -0.161. The van der Waals surface area contributed by atoms with Gasteiger partial charge in [0.15, 0.2) is 5.78 Å². The van der Waals surface area contributed by atoms with Crippen LogP contribution in [-0.4, -0.2) is 56.1 Å². The molecule has 2 rings (SSSR count). The van der Waals surface area contributed by atoms with Gasteiger partial charge < -0.3 is 18.9 Å². The zero-order valence-corrected chi connectivity index (χ0v) is 29.1. The third-order valence-corrected chi connectivity index (χ3v) is 7.48. The second-order valence-electron chi connectivity index (χ2n) is 11.6. The molecular weight excluding hydrogens is 636 g/mol. The molecule has 0 spiro atoms. The lowest BCUT2D eigenvalue weighted by atomic mass is 9.95. The van der Waals surface area contributed by atoms with Gasteiger partial charge in [-0.05, 0) is 113 Å². The normalized spacial score (nSPS) is 10.4. The monoisotopic (exact) mass is 686 g/mol. The summed E-state index contributed by atoms with van der Waals surface area (Å²) in [6, 6.07) is 7.92. The second kappa shape index (κ2) is 24.1. The summed E-state index contributed by atoms with van der Waals surface area (Å²) in [6.45, 7) is 15.3. The van der Waals surface area contributed by atoms with E-state index in [2.05, 4.69) is 26.3 Å². The van der Waals surface area contributed by atoms with Crippen molar-refractivity contribution in [3.05, 3.63) is 120 Å². The maximum atomic E-state index is 14.0. The average Bonchev–Trinajstić information content (AvgIpc) is 3.13. The summed E-state index contributed by atoms with van der Waals surface area (Å²) in [6.07, 6.45) is 15.8. The van der Waals surface area contributed by atoms with E-state index < -0.39 is 29.7 Å². The van der Waals surface area contributed by atoms with Crippen LogP contribution in [0.3, 0.4) is 0 Å². The summed E-state index contributed by atoms with van der Waals surface area (Å²) in [5.74, 6) is -3.51. The lowest BCUT2D eigenvalue weighted by molar-refractivity contribution is 0.0479. The van der Waals surface area contributed by atoms with E-state index in [9.17, 15) is 24.0 Å². The number of esters is 4. The molecule has 0 atom stereocenters. The Bertz CT molecular complexity index is 1280. The van der Waals surface area contributed by atoms with Crippen LogP contribution in [0.2, 0.25) is 0 Å². The van der Waals surface area contributed by atoms with Crippen molar-refractivity contribution in [3.63, 3.8) is 0 Å². The lowest BCUT2D eigenvalue weighted by Gasteiger charge is -2.12. The number of unbranched alkanes of at least 4 members (excludes halogenated alkanes) is 8. The molecule has 0 fully saturated rings. The van der Waals surface area contributed by atoms with Crippen molar-refractivity contribution in [2.75, 3.05) is 26.4 Å². The topological polar surface area (TPSA) is 122 Å². The molecule has 2 aromatic rings. The van der Waals surface area contributed by atoms with Gasteiger partial charge in [-0.2, -0.15) is 0 Å². The van der Waals surface area contributed by atoms with Gasteiger partial charge in [0.05, 0.1) is 48.7 Å². The van der Waals surface area contributed by atoms with Crippen molar-refractivity contribution in [2.45, 2.75) is 77.0 Å². The number of rotatable bonds is 26. The van der Waals surface area contributed by atoms with Crippen LogP contribution in [0.25, 0.3) is 0 Å². The van der Waals surface area contributed by atoms with Crippen molar-refractivity contribution >= 4 is 29.7 Å². The molecule has 0 saturated heterocycles. The molecule has 0 saturated carbocycles. The minimum absolute atomic E-state index is 0.0209. The quantitative estimate of drug-likeness (QED) is 0.0314. The number of hydrogen-bond acceptors (Lipinski definition) is 9. The van der Waals surface area contributed by atoms with Gasteiger partial charge in [0.1, 0.15) is 0 Å². The highest BCUT2D eigenvalue weighted by atomic mass is 16.5. The number of ether oxygens (including phenoxy) is 4. The van der Waals surface area contributed by atoms with Crippen LogP contribution in [0.1, 0.15) is 134 Å². The van der Waals surface area contributed by atoms with E-state index in [4.69, 9.17) is 18.9 Å². The third-order valence-electron chi connectivity index (χ3n) is 7.48. The fourth-order valence-corrected chi connectivity index (χ4v) is 4.71. The second-order valence-corrected chi connectivity index (χ2v) is 11.6. The van der Waals surface area contributed by atoms with Crippen LogP contribution >= 0.6 is 0 Å². The Balaban J connectivity index is 2.46. The number of allylic oxidation sites excluding steroid dienone is 4. The Labute approximate surface area is 296 Å². The molecule has 2 aromatic carbocycles. The largest absolute Gasteiger partial charge is 0.462 e. The van der Waals surface area contributed by atoms with E-state index in [0.717, 1.165) is 51.4 Å². The Morgan fingerprint density at radius 2 is 0.600 bits per heavy atom. The summed E-state index contributed by atoms with van der Waals surface area (Å²) < 4.78 is 21.7. The van der Waals surface area contributed by atoms with Crippen molar-refractivity contribution in [1.29, 1.82) is 0 Å². The van der Waals surface area contributed by atoms with E-state index >= 15 is 0 Å². The summed E-state index contributed by atoms with van der Waals surface area (Å²) in [4.78, 5) is 66.3. The molecule has 9 nitrogen and oxygen atoms in total. The minimum Gasteiger partial charge on any atom is -0.462 e. The van der Waals surface area contributed by atoms with Gasteiger partial charge in [-0.15, -0.1) is 26.3 Å². The molecule has 0 aromatic heterocycles. The molecule has 0 bridgehead atoms. The first-order chi connectivity index (χ1) is 24.2. The number of ketones is 1. The molecule has 0 amide bonds. The molecule has 0 aliphatic carbocycles. The number of carbonyl (C=O) groups is 5. The average molecular weight is 687 g/mol. The Kier molecular flexibility index (Phi) is 19.9. The summed E-state index contributed by atoms with van der Waals surface area (Å²) in [5, 5.41) is 0. The van der Waals surface area contributed by atoms with Gasteiger partial charge in [0.25, 0.3) is 0 Å². The van der Waals surface area contributed by atoms with Crippen LogP contribution in [0.15, 0.2) is 87.0 Å². The number of benzene rings is 2. The first kappa shape index (κ1) is 41.1. The standard InChI is InChI=1S/C41H50O9/c1-5-9-13-17-21-47-38(43)33-25-31(26-34(29-33)39(44)48-22-18-14-10-6-2)37(42)32-27-35(40(45)49-23-19-15-11-7-3)30-36(28-32)41(46)50-24-20-16-12-8-4/h5-8,25-30H,1-4,9-24H2. The number of carbonyl (C=O) groups excluding carboxylic acids is 5. The van der Waals surface area contributed by atoms with Crippen molar-refractivity contribution < 1.29 is 42.9 Å².